The van der Waals surface area contributed by atoms with E-state index < -0.39 is 4.92 Å². The van der Waals surface area contributed by atoms with Gasteiger partial charge in [0, 0.05) is 28.4 Å². The summed E-state index contributed by atoms with van der Waals surface area (Å²) in [7, 11) is 0. The van der Waals surface area contributed by atoms with E-state index in [1.165, 1.54) is 23.8 Å². The highest BCUT2D eigenvalue weighted by molar-refractivity contribution is 6.04. The van der Waals surface area contributed by atoms with Crippen LogP contribution in [0.2, 0.25) is 0 Å². The summed E-state index contributed by atoms with van der Waals surface area (Å²) in [6.07, 6.45) is 0.931. The average molecular weight is 401 g/mol. The van der Waals surface area contributed by atoms with Gasteiger partial charge in [-0.3, -0.25) is 14.9 Å². The highest BCUT2D eigenvalue weighted by Crippen LogP contribution is 2.26. The SMILES string of the molecule is CCc1ccc2oc(-c3ccc(NC(=O)c4ccc([N+](=O)[O-])c(C)c4)cc3)nc2c1. The van der Waals surface area contributed by atoms with Gasteiger partial charge in [0.1, 0.15) is 5.52 Å². The van der Waals surface area contributed by atoms with Crippen LogP contribution in [-0.2, 0) is 6.42 Å². The highest BCUT2D eigenvalue weighted by Gasteiger charge is 2.14. The molecule has 0 saturated heterocycles. The van der Waals surface area contributed by atoms with Crippen molar-refractivity contribution in [2.45, 2.75) is 20.3 Å². The lowest BCUT2D eigenvalue weighted by molar-refractivity contribution is -0.385. The van der Waals surface area contributed by atoms with E-state index in [0.717, 1.165) is 23.1 Å². The zero-order valence-corrected chi connectivity index (χ0v) is 16.5. The molecule has 7 heteroatoms. The zero-order valence-electron chi connectivity index (χ0n) is 16.5. The summed E-state index contributed by atoms with van der Waals surface area (Å²) < 4.78 is 5.83. The number of hydrogen-bond acceptors (Lipinski definition) is 5. The molecule has 0 atom stereocenters. The molecule has 1 heterocycles. The van der Waals surface area contributed by atoms with Crippen LogP contribution in [0.1, 0.15) is 28.4 Å². The Hall–Kier alpha value is -4.00. The van der Waals surface area contributed by atoms with Crippen molar-refractivity contribution in [1.29, 1.82) is 0 Å². The van der Waals surface area contributed by atoms with Crippen molar-refractivity contribution in [3.05, 3.63) is 87.5 Å². The molecule has 0 bridgehead atoms. The number of anilines is 1. The number of aryl methyl sites for hydroxylation is 2. The number of nitro groups is 1. The predicted molar refractivity (Wildman–Crippen MR) is 115 cm³/mol. The number of carbonyl (C=O) groups is 1. The second-order valence-electron chi connectivity index (χ2n) is 6.96. The van der Waals surface area contributed by atoms with Crippen molar-refractivity contribution in [1.82, 2.24) is 4.98 Å². The van der Waals surface area contributed by atoms with Gasteiger partial charge in [0.2, 0.25) is 5.89 Å². The second kappa shape index (κ2) is 7.79. The van der Waals surface area contributed by atoms with Crippen molar-refractivity contribution in [3.63, 3.8) is 0 Å². The minimum atomic E-state index is -0.467. The quantitative estimate of drug-likeness (QED) is 0.350. The van der Waals surface area contributed by atoms with Crippen LogP contribution in [-0.4, -0.2) is 15.8 Å². The summed E-state index contributed by atoms with van der Waals surface area (Å²) >= 11 is 0. The molecule has 150 valence electrons. The Morgan fingerprint density at radius 3 is 2.53 bits per heavy atom. The standard InChI is InChI=1S/C23H19N3O4/c1-3-15-4-11-21-19(13-15)25-23(30-21)16-5-8-18(9-6-16)24-22(27)17-7-10-20(26(28)29)14(2)12-17/h4-13H,3H2,1-2H3,(H,24,27). The van der Waals surface area contributed by atoms with E-state index in [2.05, 4.69) is 17.2 Å². The molecule has 7 nitrogen and oxygen atoms in total. The highest BCUT2D eigenvalue weighted by atomic mass is 16.6. The van der Waals surface area contributed by atoms with Crippen molar-refractivity contribution in [2.24, 2.45) is 0 Å². The fourth-order valence-electron chi connectivity index (χ4n) is 3.22. The van der Waals surface area contributed by atoms with Gasteiger partial charge in [0.25, 0.3) is 11.6 Å². The van der Waals surface area contributed by atoms with Crippen LogP contribution in [0.25, 0.3) is 22.6 Å². The summed E-state index contributed by atoms with van der Waals surface area (Å²) in [6.45, 7) is 3.70. The molecule has 0 radical (unpaired) electrons. The lowest BCUT2D eigenvalue weighted by Crippen LogP contribution is -2.12. The minimum absolute atomic E-state index is 0.0136. The molecular weight excluding hydrogens is 382 g/mol. The van der Waals surface area contributed by atoms with E-state index in [9.17, 15) is 14.9 Å². The summed E-state index contributed by atoms with van der Waals surface area (Å²) in [5.74, 6) is 0.178. The number of nitrogens with zero attached hydrogens (tertiary/aromatic N) is 2. The van der Waals surface area contributed by atoms with Gasteiger partial charge in [0.15, 0.2) is 5.58 Å². The Balaban J connectivity index is 1.52. The Bertz CT molecular complexity index is 1260. The average Bonchev–Trinajstić information content (AvgIpc) is 3.17. The van der Waals surface area contributed by atoms with Gasteiger partial charge in [-0.05, 0) is 67.4 Å². The van der Waals surface area contributed by atoms with Crippen LogP contribution in [0, 0.1) is 17.0 Å². The number of carbonyl (C=O) groups excluding carboxylic acids is 1. The molecule has 0 aliphatic rings. The monoisotopic (exact) mass is 401 g/mol. The number of rotatable bonds is 5. The smallest absolute Gasteiger partial charge is 0.272 e. The number of hydrogen-bond donors (Lipinski definition) is 1. The van der Waals surface area contributed by atoms with E-state index in [1.807, 2.05) is 30.3 Å². The Labute approximate surface area is 172 Å². The van der Waals surface area contributed by atoms with E-state index in [0.29, 0.717) is 22.7 Å². The van der Waals surface area contributed by atoms with Crippen LogP contribution < -0.4 is 5.32 Å². The lowest BCUT2D eigenvalue weighted by atomic mass is 10.1. The third-order valence-corrected chi connectivity index (χ3v) is 4.91. The number of fused-ring (bicyclic) bond motifs is 1. The molecule has 0 unspecified atom stereocenters. The molecule has 1 aromatic heterocycles. The molecule has 4 rings (SSSR count). The Morgan fingerprint density at radius 1 is 1.10 bits per heavy atom. The van der Waals surface area contributed by atoms with Crippen molar-refractivity contribution in [2.75, 3.05) is 5.32 Å². The predicted octanol–water partition coefficient (Wildman–Crippen LogP) is 5.53. The fourth-order valence-corrected chi connectivity index (χ4v) is 3.22. The first-order valence-electron chi connectivity index (χ1n) is 9.51. The first-order valence-corrected chi connectivity index (χ1v) is 9.51. The molecule has 0 saturated carbocycles. The maximum absolute atomic E-state index is 12.5. The third-order valence-electron chi connectivity index (χ3n) is 4.91. The molecule has 4 aromatic rings. The zero-order chi connectivity index (χ0) is 21.3. The summed E-state index contributed by atoms with van der Waals surface area (Å²) in [6, 6.07) is 17.4. The van der Waals surface area contributed by atoms with Gasteiger partial charge in [-0.1, -0.05) is 13.0 Å². The van der Waals surface area contributed by atoms with Crippen LogP contribution >= 0.6 is 0 Å². The summed E-state index contributed by atoms with van der Waals surface area (Å²) in [5.41, 5.74) is 4.92. The largest absolute Gasteiger partial charge is 0.436 e. The maximum atomic E-state index is 12.5. The molecule has 0 spiro atoms. The molecule has 1 amide bonds. The normalized spacial score (nSPS) is 10.9. The molecule has 1 N–H and O–H groups in total. The van der Waals surface area contributed by atoms with E-state index in [4.69, 9.17) is 4.42 Å². The van der Waals surface area contributed by atoms with Crippen molar-refractivity contribution in [3.8, 4) is 11.5 Å². The first-order chi connectivity index (χ1) is 14.4. The van der Waals surface area contributed by atoms with Crippen molar-refractivity contribution >= 4 is 28.4 Å². The minimum Gasteiger partial charge on any atom is -0.436 e. The lowest BCUT2D eigenvalue weighted by Gasteiger charge is -2.07. The Kier molecular flexibility index (Phi) is 5.02. The van der Waals surface area contributed by atoms with Gasteiger partial charge in [0.05, 0.1) is 4.92 Å². The molecular formula is C23H19N3O4. The molecule has 3 aromatic carbocycles. The van der Waals surface area contributed by atoms with Gasteiger partial charge in [-0.15, -0.1) is 0 Å². The molecule has 30 heavy (non-hydrogen) atoms. The van der Waals surface area contributed by atoms with Crippen LogP contribution in [0.5, 0.6) is 0 Å². The number of nitrogens with one attached hydrogen (secondary N) is 1. The number of aromatic nitrogens is 1. The van der Waals surface area contributed by atoms with E-state index >= 15 is 0 Å². The van der Waals surface area contributed by atoms with Gasteiger partial charge in [-0.25, -0.2) is 4.98 Å². The number of benzene rings is 3. The van der Waals surface area contributed by atoms with Crippen LogP contribution in [0.4, 0.5) is 11.4 Å². The third kappa shape index (κ3) is 3.77. The van der Waals surface area contributed by atoms with Gasteiger partial charge < -0.3 is 9.73 Å². The fraction of sp³-hybridized carbons (Fsp3) is 0.130. The summed E-state index contributed by atoms with van der Waals surface area (Å²) in [4.78, 5) is 27.5. The summed E-state index contributed by atoms with van der Waals surface area (Å²) in [5, 5.41) is 13.7. The number of oxazole rings is 1. The number of amides is 1. The maximum Gasteiger partial charge on any atom is 0.272 e. The topological polar surface area (TPSA) is 98.3 Å². The first kappa shape index (κ1) is 19.3. The van der Waals surface area contributed by atoms with Crippen LogP contribution in [0.15, 0.2) is 65.1 Å². The number of nitro benzene ring substituents is 1. The molecule has 0 aliphatic heterocycles. The van der Waals surface area contributed by atoms with Gasteiger partial charge in [-0.2, -0.15) is 0 Å². The second-order valence-corrected chi connectivity index (χ2v) is 6.96. The van der Waals surface area contributed by atoms with Gasteiger partial charge >= 0.3 is 0 Å². The van der Waals surface area contributed by atoms with Crippen LogP contribution in [0.3, 0.4) is 0 Å². The van der Waals surface area contributed by atoms with E-state index in [1.54, 1.807) is 19.1 Å². The molecule has 0 aliphatic carbocycles. The Morgan fingerprint density at radius 2 is 1.87 bits per heavy atom. The molecule has 0 fully saturated rings. The van der Waals surface area contributed by atoms with Crippen molar-refractivity contribution < 1.29 is 14.1 Å². The van der Waals surface area contributed by atoms with E-state index in [-0.39, 0.29) is 11.6 Å².